The summed E-state index contributed by atoms with van der Waals surface area (Å²) in [6.07, 6.45) is 6.57. The lowest BCUT2D eigenvalue weighted by Gasteiger charge is -2.25. The summed E-state index contributed by atoms with van der Waals surface area (Å²) in [5.41, 5.74) is 9.66. The van der Waals surface area contributed by atoms with Crippen LogP contribution >= 0.6 is 0 Å². The van der Waals surface area contributed by atoms with Gasteiger partial charge in [-0.3, -0.25) is 0 Å². The van der Waals surface area contributed by atoms with Crippen LogP contribution in [0, 0.1) is 5.92 Å². The first kappa shape index (κ1) is 35.5. The molecular formula is C35H43N3O9. The fraction of sp³-hybridized carbons (Fsp3) is 0.486. The van der Waals surface area contributed by atoms with E-state index in [1.807, 2.05) is 39.0 Å². The molecule has 5 atom stereocenters. The van der Waals surface area contributed by atoms with Crippen molar-refractivity contribution in [3.05, 3.63) is 87.8 Å². The van der Waals surface area contributed by atoms with Crippen molar-refractivity contribution in [2.45, 2.75) is 77.2 Å². The molecule has 2 aliphatic heterocycles. The number of rotatable bonds is 11. The summed E-state index contributed by atoms with van der Waals surface area (Å²) in [5.74, 6) is -1.53. The van der Waals surface area contributed by atoms with Crippen molar-refractivity contribution in [2.75, 3.05) is 27.1 Å². The van der Waals surface area contributed by atoms with Gasteiger partial charge in [0, 0.05) is 30.6 Å². The lowest BCUT2D eigenvalue weighted by Crippen LogP contribution is -2.37. The molecule has 1 saturated heterocycles. The van der Waals surface area contributed by atoms with Crippen molar-refractivity contribution in [1.82, 2.24) is 0 Å². The second kappa shape index (κ2) is 17.0. The van der Waals surface area contributed by atoms with Crippen molar-refractivity contribution in [2.24, 2.45) is 11.0 Å². The fourth-order valence-corrected chi connectivity index (χ4v) is 5.21. The second-order valence-corrected chi connectivity index (χ2v) is 11.8. The quantitative estimate of drug-likeness (QED) is 0.0475. The van der Waals surface area contributed by atoms with Crippen LogP contribution in [0.4, 0.5) is 0 Å². The van der Waals surface area contributed by atoms with Crippen molar-refractivity contribution in [3.8, 4) is 11.5 Å². The van der Waals surface area contributed by atoms with E-state index in [2.05, 4.69) is 10.0 Å². The number of esters is 2. The summed E-state index contributed by atoms with van der Waals surface area (Å²) in [4.78, 5) is 29.7. The molecule has 12 nitrogen and oxygen atoms in total. The molecule has 47 heavy (non-hydrogen) atoms. The summed E-state index contributed by atoms with van der Waals surface area (Å²) in [5, 5.41) is 3.55. The Morgan fingerprint density at radius 2 is 1.87 bits per heavy atom. The normalized spacial score (nSPS) is 25.1. The number of carbonyl (C=O) groups excluding carboxylic acids is 2. The summed E-state index contributed by atoms with van der Waals surface area (Å²) < 4.78 is 41.5. The molecule has 0 bridgehead atoms. The number of carbonyl (C=O) groups is 2. The first-order chi connectivity index (χ1) is 22.6. The first-order valence-electron chi connectivity index (χ1n) is 15.7. The average Bonchev–Trinajstić information content (AvgIpc) is 3.36. The van der Waals surface area contributed by atoms with Crippen molar-refractivity contribution >= 4 is 18.0 Å². The van der Waals surface area contributed by atoms with E-state index >= 15 is 0 Å². The predicted octanol–water partition coefficient (Wildman–Crippen LogP) is 7.04. The largest absolute Gasteiger partial charge is 0.493 e. The number of nitrogens with zero attached hydrogens (tertiary/aromatic N) is 3. The molecule has 2 heterocycles. The minimum atomic E-state index is -0.932. The minimum Gasteiger partial charge on any atom is -0.493 e. The molecule has 0 N–H and O–H groups in total. The molecule has 12 heteroatoms. The highest BCUT2D eigenvalue weighted by atomic mass is 16.8. The zero-order chi connectivity index (χ0) is 33.8. The highest BCUT2D eigenvalue weighted by molar-refractivity contribution is 5.97. The molecule has 252 valence electrons. The van der Waals surface area contributed by atoms with Gasteiger partial charge in [-0.1, -0.05) is 48.5 Å². The third-order valence-electron chi connectivity index (χ3n) is 7.73. The summed E-state index contributed by atoms with van der Waals surface area (Å²) in [7, 11) is 1.49. The fourth-order valence-electron chi connectivity index (χ4n) is 5.21. The van der Waals surface area contributed by atoms with Crippen LogP contribution in [0.15, 0.2) is 65.8 Å². The molecule has 0 aromatic heterocycles. The maximum Gasteiger partial charge on any atom is 0.342 e. The highest BCUT2D eigenvalue weighted by Crippen LogP contribution is 2.36. The number of hydrogen-bond acceptors (Lipinski definition) is 10. The smallest absolute Gasteiger partial charge is 0.342 e. The van der Waals surface area contributed by atoms with Crippen LogP contribution in [0.1, 0.15) is 73.2 Å². The number of methoxy groups -OCH3 is 1. The zero-order valence-corrected chi connectivity index (χ0v) is 27.5. The van der Waals surface area contributed by atoms with E-state index in [1.165, 1.54) is 7.11 Å². The molecule has 2 unspecified atom stereocenters. The van der Waals surface area contributed by atoms with Gasteiger partial charge in [-0.25, -0.2) is 9.59 Å². The topological polar surface area (TPSA) is 148 Å². The Bertz CT molecular complexity index is 1470. The molecule has 0 spiro atoms. The number of hydrogen-bond donors (Lipinski definition) is 0. The minimum absolute atomic E-state index is 0.0964. The maximum absolute atomic E-state index is 13.7. The van der Waals surface area contributed by atoms with Crippen LogP contribution in [-0.4, -0.2) is 69.2 Å². The van der Waals surface area contributed by atoms with E-state index < -0.39 is 42.1 Å². The van der Waals surface area contributed by atoms with Gasteiger partial charge in [-0.15, -0.1) is 0 Å². The standard InChI is InChI=1S/C35H43N3O9/c1-23-16-17-28(45-33(39)25-12-7-6-8-13-25)32-29(46-35(3,4)47-32)15-11-14-26-20-27(42-19-10-9-18-37-38-36)21-30(43-22-41-5)31(26)34(40)44-24(23)2/h6-8,11-14,16-17,20-21,23-24,28-29,32H,9-10,15,18-19,22H2,1-5H3/b14-11+,17-16-/t23-,24+,28?,29+,32?/m1/s1. The Balaban J connectivity index is 1.69. The van der Waals surface area contributed by atoms with Gasteiger partial charge >= 0.3 is 11.9 Å². The molecule has 2 aromatic rings. The number of ether oxygens (including phenoxy) is 7. The van der Waals surface area contributed by atoms with Crippen molar-refractivity contribution in [1.29, 1.82) is 0 Å². The molecule has 2 aromatic carbocycles. The summed E-state index contributed by atoms with van der Waals surface area (Å²) in [6.45, 7) is 7.99. The summed E-state index contributed by atoms with van der Waals surface area (Å²) >= 11 is 0. The van der Waals surface area contributed by atoms with E-state index in [1.54, 1.807) is 55.5 Å². The number of benzene rings is 2. The maximum atomic E-state index is 13.7. The first-order valence-corrected chi connectivity index (χ1v) is 15.7. The molecule has 4 rings (SSSR count). The van der Waals surface area contributed by atoms with Gasteiger partial charge in [0.25, 0.3) is 0 Å². The molecule has 0 aliphatic carbocycles. The molecule has 0 radical (unpaired) electrons. The Labute approximate surface area is 275 Å². The number of fused-ring (bicyclic) bond motifs is 2. The number of cyclic esters (lactones) is 1. The second-order valence-electron chi connectivity index (χ2n) is 11.8. The zero-order valence-electron chi connectivity index (χ0n) is 27.5. The van der Waals surface area contributed by atoms with Crippen LogP contribution in [0.5, 0.6) is 11.5 Å². The Morgan fingerprint density at radius 3 is 2.62 bits per heavy atom. The SMILES string of the molecule is COCOc1cc(OCCCCN=[N+]=[N-])cc2c1C(=O)O[C@@H](C)[C@H](C)/C=C\C(OC(=O)c1ccccc1)C1OC(C)(C)O[C@H]1C/C=C/2. The number of unbranched alkanes of at least 4 members (excludes halogenated alkanes) is 1. The average molecular weight is 650 g/mol. The lowest BCUT2D eigenvalue weighted by molar-refractivity contribution is -0.152. The third kappa shape index (κ3) is 10.1. The van der Waals surface area contributed by atoms with Gasteiger partial charge in [-0.2, -0.15) is 0 Å². The monoisotopic (exact) mass is 649 g/mol. The van der Waals surface area contributed by atoms with Crippen LogP contribution in [-0.2, 0) is 23.7 Å². The van der Waals surface area contributed by atoms with Crippen LogP contribution in [0.2, 0.25) is 0 Å². The van der Waals surface area contributed by atoms with Crippen LogP contribution in [0.3, 0.4) is 0 Å². The van der Waals surface area contributed by atoms with Gasteiger partial charge < -0.3 is 33.2 Å². The third-order valence-corrected chi connectivity index (χ3v) is 7.73. The Morgan fingerprint density at radius 1 is 1.09 bits per heavy atom. The van der Waals surface area contributed by atoms with E-state index in [4.69, 9.17) is 38.7 Å². The van der Waals surface area contributed by atoms with Crippen molar-refractivity contribution < 1.29 is 42.7 Å². The highest BCUT2D eigenvalue weighted by Gasteiger charge is 2.45. The van der Waals surface area contributed by atoms with Crippen LogP contribution in [0.25, 0.3) is 16.5 Å². The van der Waals surface area contributed by atoms with E-state index in [0.717, 1.165) is 0 Å². The predicted molar refractivity (Wildman–Crippen MR) is 174 cm³/mol. The Kier molecular flexibility index (Phi) is 12.8. The summed E-state index contributed by atoms with van der Waals surface area (Å²) in [6, 6.07) is 12.1. The molecular weight excluding hydrogens is 606 g/mol. The van der Waals surface area contributed by atoms with Gasteiger partial charge in [0.2, 0.25) is 0 Å². The van der Waals surface area contributed by atoms with E-state index in [-0.39, 0.29) is 24.0 Å². The number of azide groups is 1. The lowest BCUT2D eigenvalue weighted by atomic mass is 9.98. The van der Waals surface area contributed by atoms with Gasteiger partial charge in [0.05, 0.1) is 18.3 Å². The molecule has 0 saturated carbocycles. The Hall–Kier alpha value is -4.35. The van der Waals surface area contributed by atoms with Gasteiger partial charge in [-0.05, 0) is 75.4 Å². The van der Waals surface area contributed by atoms with Crippen LogP contribution < -0.4 is 9.47 Å². The van der Waals surface area contributed by atoms with Crippen molar-refractivity contribution in [3.63, 3.8) is 0 Å². The van der Waals surface area contributed by atoms with Gasteiger partial charge in [0.1, 0.15) is 35.4 Å². The van der Waals surface area contributed by atoms with E-state index in [0.29, 0.717) is 49.3 Å². The van der Waals surface area contributed by atoms with E-state index in [9.17, 15) is 9.59 Å². The molecule has 0 amide bonds. The molecule has 1 fully saturated rings. The van der Waals surface area contributed by atoms with Gasteiger partial charge in [0.15, 0.2) is 12.6 Å². The molecule has 2 aliphatic rings.